The highest BCUT2D eigenvalue weighted by Crippen LogP contribution is 2.35. The minimum atomic E-state index is -1.73. The Bertz CT molecular complexity index is 1100. The number of halogens is 1. The standard InChI is InChI=1S/C26H36ClNO16/c1-10(29)28-19-22(20(38-13(4)32)17(42-25(19)27)8-36-11(2)30)44-26-24(41-16(7)35)23(40-15(6)34)21(39-14(5)33)18(43-26)9-37-12(3)31/h17-26H,8-9H2,1-7H3,(H,28,29)/t17-,18-,19-,20-,21+,22-,23+,24-,25+,26+/m1/s1. The van der Waals surface area contributed by atoms with Gasteiger partial charge in [-0.1, -0.05) is 11.6 Å². The lowest BCUT2D eigenvalue weighted by atomic mass is 9.95. The van der Waals surface area contributed by atoms with Gasteiger partial charge in [-0.15, -0.1) is 0 Å². The molecular formula is C26H36ClNO16. The van der Waals surface area contributed by atoms with Gasteiger partial charge in [-0.3, -0.25) is 33.6 Å². The number of nitrogens with one attached hydrogen (secondary N) is 1. The predicted molar refractivity (Wildman–Crippen MR) is 141 cm³/mol. The number of ether oxygens (including phenoxy) is 9. The first-order valence-corrected chi connectivity index (χ1v) is 13.8. The van der Waals surface area contributed by atoms with E-state index in [9.17, 15) is 33.6 Å². The van der Waals surface area contributed by atoms with Gasteiger partial charge in [0.25, 0.3) is 0 Å². The third-order valence-electron chi connectivity index (χ3n) is 5.99. The van der Waals surface area contributed by atoms with Crippen LogP contribution in [0.25, 0.3) is 0 Å². The van der Waals surface area contributed by atoms with Crippen molar-refractivity contribution in [3.05, 3.63) is 0 Å². The topological polar surface area (TPSA) is 215 Å². The van der Waals surface area contributed by atoms with Gasteiger partial charge < -0.3 is 47.9 Å². The summed E-state index contributed by atoms with van der Waals surface area (Å²) in [5.74, 6) is -5.46. The molecule has 0 spiro atoms. The average molecular weight is 654 g/mol. The van der Waals surface area contributed by atoms with E-state index in [2.05, 4.69) is 5.32 Å². The molecule has 44 heavy (non-hydrogen) atoms. The van der Waals surface area contributed by atoms with Crippen LogP contribution >= 0.6 is 11.6 Å². The minimum Gasteiger partial charge on any atom is -0.463 e. The number of alkyl halides is 1. The second kappa shape index (κ2) is 16.5. The number of esters is 6. The molecule has 18 heteroatoms. The van der Waals surface area contributed by atoms with Gasteiger partial charge in [-0.05, 0) is 0 Å². The van der Waals surface area contributed by atoms with Crippen molar-refractivity contribution in [3.63, 3.8) is 0 Å². The normalized spacial score (nSPS) is 31.5. The highest BCUT2D eigenvalue weighted by molar-refractivity contribution is 6.20. The molecule has 2 saturated heterocycles. The summed E-state index contributed by atoms with van der Waals surface area (Å²) in [6.45, 7) is 6.63. The molecule has 1 N–H and O–H groups in total. The molecule has 0 saturated carbocycles. The summed E-state index contributed by atoms with van der Waals surface area (Å²) < 4.78 is 49.6. The van der Waals surface area contributed by atoms with Crippen LogP contribution < -0.4 is 5.32 Å². The van der Waals surface area contributed by atoms with Crippen LogP contribution in [0.4, 0.5) is 0 Å². The molecule has 17 nitrogen and oxygen atoms in total. The van der Waals surface area contributed by atoms with Crippen LogP contribution in [0.1, 0.15) is 48.5 Å². The van der Waals surface area contributed by atoms with E-state index in [-0.39, 0.29) is 0 Å². The van der Waals surface area contributed by atoms with Crippen molar-refractivity contribution >= 4 is 53.3 Å². The summed E-state index contributed by atoms with van der Waals surface area (Å²) in [4.78, 5) is 83.8. The SMILES string of the molecule is CC(=O)N[C@@H]1[C@@H](O[C@@H]2O[C@H](COC(C)=O)[C@H](OC(C)=O)[C@H](OC(C)=O)[C@H]2OC(C)=O)[C@H](OC(C)=O)[C@@H](COC(C)=O)O[C@@H]1Cl. The minimum absolute atomic E-state index is 0.457. The summed E-state index contributed by atoms with van der Waals surface area (Å²) in [6, 6.07) is -1.26. The lowest BCUT2D eigenvalue weighted by Crippen LogP contribution is -2.68. The number of hydrogen-bond donors (Lipinski definition) is 1. The van der Waals surface area contributed by atoms with Gasteiger partial charge in [0.1, 0.15) is 31.5 Å². The molecule has 2 aliphatic heterocycles. The molecule has 2 heterocycles. The first-order valence-electron chi connectivity index (χ1n) is 13.3. The Balaban J connectivity index is 2.66. The lowest BCUT2D eigenvalue weighted by Gasteiger charge is -2.48. The van der Waals surface area contributed by atoms with E-state index >= 15 is 0 Å². The molecule has 0 radical (unpaired) electrons. The maximum Gasteiger partial charge on any atom is 0.303 e. The maximum atomic E-state index is 12.2. The van der Waals surface area contributed by atoms with Gasteiger partial charge >= 0.3 is 35.8 Å². The van der Waals surface area contributed by atoms with E-state index in [4.69, 9.17) is 54.2 Å². The molecule has 10 atom stereocenters. The third kappa shape index (κ3) is 10.9. The van der Waals surface area contributed by atoms with Crippen LogP contribution in [0, 0.1) is 0 Å². The molecule has 2 aliphatic rings. The van der Waals surface area contributed by atoms with Crippen molar-refractivity contribution in [2.24, 2.45) is 0 Å². The highest BCUT2D eigenvalue weighted by Gasteiger charge is 2.56. The van der Waals surface area contributed by atoms with Gasteiger partial charge in [0, 0.05) is 48.5 Å². The molecule has 0 aliphatic carbocycles. The fraction of sp³-hybridized carbons (Fsp3) is 0.731. The molecule has 0 aromatic heterocycles. The van der Waals surface area contributed by atoms with Gasteiger partial charge in [0.2, 0.25) is 5.91 Å². The van der Waals surface area contributed by atoms with E-state index in [0.29, 0.717) is 0 Å². The quantitative estimate of drug-likeness (QED) is 0.168. The number of amides is 1. The van der Waals surface area contributed by atoms with Gasteiger partial charge in [-0.25, -0.2) is 0 Å². The molecule has 2 rings (SSSR count). The summed E-state index contributed by atoms with van der Waals surface area (Å²) >= 11 is 6.45. The molecule has 0 bridgehead atoms. The largest absolute Gasteiger partial charge is 0.463 e. The van der Waals surface area contributed by atoms with Crippen molar-refractivity contribution in [2.45, 2.75) is 109 Å². The van der Waals surface area contributed by atoms with Crippen LogP contribution in [0.5, 0.6) is 0 Å². The Morgan fingerprint density at radius 3 is 1.41 bits per heavy atom. The van der Waals surface area contributed by atoms with Gasteiger partial charge in [-0.2, -0.15) is 0 Å². The van der Waals surface area contributed by atoms with Gasteiger partial charge in [0.05, 0.1) is 6.04 Å². The van der Waals surface area contributed by atoms with E-state index in [1.54, 1.807) is 0 Å². The van der Waals surface area contributed by atoms with Crippen LogP contribution in [0.3, 0.4) is 0 Å². The number of carbonyl (C=O) groups is 7. The maximum absolute atomic E-state index is 12.2. The number of hydrogen-bond acceptors (Lipinski definition) is 16. The highest BCUT2D eigenvalue weighted by atomic mass is 35.5. The fourth-order valence-electron chi connectivity index (χ4n) is 4.56. The zero-order valence-electron chi connectivity index (χ0n) is 25.1. The van der Waals surface area contributed by atoms with Crippen LogP contribution in [-0.2, 0) is 76.2 Å². The molecular weight excluding hydrogens is 618 g/mol. The van der Waals surface area contributed by atoms with Crippen LogP contribution in [-0.4, -0.2) is 116 Å². The predicted octanol–water partition coefficient (Wildman–Crippen LogP) is -0.582. The third-order valence-corrected chi connectivity index (χ3v) is 6.37. The van der Waals surface area contributed by atoms with E-state index in [1.165, 1.54) is 6.92 Å². The Kier molecular flexibility index (Phi) is 13.8. The van der Waals surface area contributed by atoms with Crippen LogP contribution in [0.15, 0.2) is 0 Å². The molecule has 2 fully saturated rings. The monoisotopic (exact) mass is 653 g/mol. The van der Waals surface area contributed by atoms with Crippen molar-refractivity contribution in [3.8, 4) is 0 Å². The summed E-state index contributed by atoms with van der Waals surface area (Å²) in [5, 5.41) is 2.54. The molecule has 0 unspecified atom stereocenters. The Labute approximate surface area is 257 Å². The molecule has 248 valence electrons. The van der Waals surface area contributed by atoms with Gasteiger partial charge in [0.15, 0.2) is 36.3 Å². The zero-order valence-corrected chi connectivity index (χ0v) is 25.9. The van der Waals surface area contributed by atoms with E-state index in [1.807, 2.05) is 0 Å². The molecule has 0 aromatic carbocycles. The molecule has 0 aromatic rings. The number of carbonyl (C=O) groups excluding carboxylic acids is 7. The molecule has 1 amide bonds. The fourth-order valence-corrected chi connectivity index (χ4v) is 4.90. The van der Waals surface area contributed by atoms with Crippen molar-refractivity contribution in [2.75, 3.05) is 13.2 Å². The van der Waals surface area contributed by atoms with E-state index in [0.717, 1.165) is 41.5 Å². The second-order valence-electron chi connectivity index (χ2n) is 9.80. The van der Waals surface area contributed by atoms with E-state index < -0.39 is 116 Å². The average Bonchev–Trinajstić information content (AvgIpc) is 2.87. The summed E-state index contributed by atoms with van der Waals surface area (Å²) in [7, 11) is 0. The first-order chi connectivity index (χ1) is 20.5. The Hall–Kier alpha value is -3.54. The lowest BCUT2D eigenvalue weighted by molar-refractivity contribution is -0.333. The Morgan fingerprint density at radius 2 is 0.977 bits per heavy atom. The Morgan fingerprint density at radius 1 is 0.568 bits per heavy atom. The smallest absolute Gasteiger partial charge is 0.303 e. The van der Waals surface area contributed by atoms with Crippen molar-refractivity contribution in [1.82, 2.24) is 5.32 Å². The number of rotatable bonds is 11. The second-order valence-corrected chi connectivity index (χ2v) is 10.2. The zero-order chi connectivity index (χ0) is 33.3. The van der Waals surface area contributed by atoms with Crippen molar-refractivity contribution in [1.29, 1.82) is 0 Å². The van der Waals surface area contributed by atoms with Crippen LogP contribution in [0.2, 0.25) is 0 Å². The first kappa shape index (κ1) is 36.7. The van der Waals surface area contributed by atoms with Crippen molar-refractivity contribution < 1.29 is 76.2 Å². The summed E-state index contributed by atoms with van der Waals surface area (Å²) in [6.07, 6.45) is -11.9. The summed E-state index contributed by atoms with van der Waals surface area (Å²) in [5.41, 5.74) is -1.36.